The largest absolute Gasteiger partial charge is 0.366 e. The van der Waals surface area contributed by atoms with Crippen molar-refractivity contribution in [2.75, 3.05) is 31.1 Å². The van der Waals surface area contributed by atoms with Crippen molar-refractivity contribution >= 4 is 22.4 Å². The number of piperazine rings is 1. The summed E-state index contributed by atoms with van der Waals surface area (Å²) in [6, 6.07) is 8.29. The molecule has 0 saturated carbocycles. The van der Waals surface area contributed by atoms with Gasteiger partial charge in [-0.1, -0.05) is 24.3 Å². The van der Waals surface area contributed by atoms with Gasteiger partial charge < -0.3 is 9.80 Å². The smallest absolute Gasteiger partial charge is 0.244 e. The van der Waals surface area contributed by atoms with E-state index in [1.807, 2.05) is 36.5 Å². The first-order chi connectivity index (χ1) is 12.2. The molecule has 1 fully saturated rings. The van der Waals surface area contributed by atoms with Gasteiger partial charge in [-0.15, -0.1) is 0 Å². The molecule has 3 heterocycles. The predicted molar refractivity (Wildman–Crippen MR) is 97.5 cm³/mol. The van der Waals surface area contributed by atoms with Crippen molar-refractivity contribution < 1.29 is 4.79 Å². The lowest BCUT2D eigenvalue weighted by molar-refractivity contribution is -0.132. The Morgan fingerprint density at radius 2 is 1.88 bits per heavy atom. The summed E-state index contributed by atoms with van der Waals surface area (Å²) in [7, 11) is 0. The van der Waals surface area contributed by atoms with Crippen LogP contribution in [0.4, 0.5) is 5.69 Å². The number of amides is 1. The van der Waals surface area contributed by atoms with Crippen LogP contribution in [-0.4, -0.2) is 51.8 Å². The molecule has 25 heavy (non-hydrogen) atoms. The summed E-state index contributed by atoms with van der Waals surface area (Å²) in [5, 5.41) is 6.56. The maximum Gasteiger partial charge on any atom is 0.244 e. The monoisotopic (exact) mass is 335 g/mol. The minimum Gasteiger partial charge on any atom is -0.366 e. The molecule has 0 spiro atoms. The van der Waals surface area contributed by atoms with E-state index in [1.165, 1.54) is 5.39 Å². The number of benzene rings is 1. The highest BCUT2D eigenvalue weighted by molar-refractivity contribution is 5.93. The first-order valence-corrected chi connectivity index (χ1v) is 8.55. The summed E-state index contributed by atoms with van der Waals surface area (Å²) in [6.45, 7) is 5.37. The van der Waals surface area contributed by atoms with Crippen LogP contribution in [0, 0.1) is 6.92 Å². The zero-order chi connectivity index (χ0) is 17.2. The lowest BCUT2D eigenvalue weighted by Crippen LogP contribution is -2.49. The van der Waals surface area contributed by atoms with Crippen LogP contribution < -0.4 is 4.90 Å². The Kier molecular flexibility index (Phi) is 4.09. The van der Waals surface area contributed by atoms with Crippen molar-refractivity contribution in [3.63, 3.8) is 0 Å². The molecule has 6 nitrogen and oxygen atoms in total. The number of rotatable bonds is 3. The van der Waals surface area contributed by atoms with E-state index in [9.17, 15) is 4.79 Å². The molecule has 1 aliphatic heterocycles. The minimum atomic E-state index is 0.124. The molecular formula is C19H21N5O. The number of aromatic nitrogens is 3. The Bertz CT molecular complexity index is 890. The highest BCUT2D eigenvalue weighted by atomic mass is 16.2. The lowest BCUT2D eigenvalue weighted by atomic mass is 10.1. The average Bonchev–Trinajstić information content (AvgIpc) is 3.06. The van der Waals surface area contributed by atoms with Gasteiger partial charge in [-0.3, -0.25) is 14.5 Å². The molecule has 1 amide bonds. The van der Waals surface area contributed by atoms with Gasteiger partial charge in [0.15, 0.2) is 0 Å². The highest BCUT2D eigenvalue weighted by Gasteiger charge is 2.22. The number of carbonyl (C=O) groups is 1. The van der Waals surface area contributed by atoms with E-state index in [0.717, 1.165) is 42.8 Å². The van der Waals surface area contributed by atoms with Crippen molar-refractivity contribution in [3.05, 3.63) is 54.6 Å². The Labute approximate surface area is 146 Å². The van der Waals surface area contributed by atoms with E-state index in [4.69, 9.17) is 0 Å². The molecular weight excluding hydrogens is 314 g/mol. The molecule has 4 rings (SSSR count). The number of carbonyl (C=O) groups excluding carboxylic acids is 1. The third-order valence-electron chi connectivity index (χ3n) is 4.68. The van der Waals surface area contributed by atoms with E-state index in [2.05, 4.69) is 33.2 Å². The molecule has 0 radical (unpaired) electrons. The zero-order valence-corrected chi connectivity index (χ0v) is 14.3. The molecule has 0 unspecified atom stereocenters. The van der Waals surface area contributed by atoms with E-state index in [0.29, 0.717) is 6.54 Å². The summed E-state index contributed by atoms with van der Waals surface area (Å²) in [5.74, 6) is 0.124. The van der Waals surface area contributed by atoms with Gasteiger partial charge >= 0.3 is 0 Å². The van der Waals surface area contributed by atoms with Gasteiger partial charge in [0.2, 0.25) is 5.91 Å². The number of fused-ring (bicyclic) bond motifs is 1. The number of anilines is 1. The summed E-state index contributed by atoms with van der Waals surface area (Å²) >= 11 is 0. The first kappa shape index (κ1) is 15.6. The van der Waals surface area contributed by atoms with Crippen LogP contribution in [0.5, 0.6) is 0 Å². The summed E-state index contributed by atoms with van der Waals surface area (Å²) in [4.78, 5) is 21.1. The van der Waals surface area contributed by atoms with Crippen LogP contribution in [0.2, 0.25) is 0 Å². The van der Waals surface area contributed by atoms with Gasteiger partial charge in [0, 0.05) is 49.3 Å². The van der Waals surface area contributed by atoms with Gasteiger partial charge in [-0.25, -0.2) is 0 Å². The summed E-state index contributed by atoms with van der Waals surface area (Å²) < 4.78 is 1.71. The molecule has 0 aliphatic carbocycles. The normalized spacial score (nSPS) is 14.9. The van der Waals surface area contributed by atoms with Gasteiger partial charge in [0.05, 0.1) is 18.1 Å². The Balaban J connectivity index is 1.43. The molecule has 3 aromatic rings. The van der Waals surface area contributed by atoms with Crippen LogP contribution >= 0.6 is 0 Å². The van der Waals surface area contributed by atoms with E-state index >= 15 is 0 Å². The van der Waals surface area contributed by atoms with Crippen LogP contribution in [0.25, 0.3) is 10.8 Å². The Hall–Kier alpha value is -2.89. The van der Waals surface area contributed by atoms with Crippen LogP contribution in [-0.2, 0) is 11.3 Å². The topological polar surface area (TPSA) is 54.3 Å². The third kappa shape index (κ3) is 3.20. The van der Waals surface area contributed by atoms with Crippen molar-refractivity contribution in [2.45, 2.75) is 13.5 Å². The SMILES string of the molecule is Cc1cnn(CC(=O)N2CCN(c3cncc4ccccc34)CC2)c1. The van der Waals surface area contributed by atoms with Crippen LogP contribution in [0.1, 0.15) is 5.56 Å². The summed E-state index contributed by atoms with van der Waals surface area (Å²) in [5.41, 5.74) is 2.22. The predicted octanol–water partition coefficient (Wildman–Crippen LogP) is 2.09. The fourth-order valence-electron chi connectivity index (χ4n) is 3.34. The molecule has 1 aromatic carbocycles. The highest BCUT2D eigenvalue weighted by Crippen LogP contribution is 2.26. The average molecular weight is 335 g/mol. The Morgan fingerprint density at radius 1 is 1.08 bits per heavy atom. The van der Waals surface area contributed by atoms with E-state index < -0.39 is 0 Å². The fourth-order valence-corrected chi connectivity index (χ4v) is 3.34. The third-order valence-corrected chi connectivity index (χ3v) is 4.68. The second kappa shape index (κ2) is 6.55. The number of hydrogen-bond acceptors (Lipinski definition) is 4. The number of nitrogens with zero attached hydrogens (tertiary/aromatic N) is 5. The first-order valence-electron chi connectivity index (χ1n) is 8.55. The minimum absolute atomic E-state index is 0.124. The molecule has 2 aromatic heterocycles. The molecule has 6 heteroatoms. The second-order valence-electron chi connectivity index (χ2n) is 6.46. The maximum absolute atomic E-state index is 12.5. The van der Waals surface area contributed by atoms with Gasteiger partial charge in [0.1, 0.15) is 6.54 Å². The second-order valence-corrected chi connectivity index (χ2v) is 6.46. The fraction of sp³-hybridized carbons (Fsp3) is 0.316. The van der Waals surface area contributed by atoms with Gasteiger partial charge in [-0.05, 0) is 12.5 Å². The maximum atomic E-state index is 12.5. The molecule has 0 bridgehead atoms. The molecule has 0 N–H and O–H groups in total. The quantitative estimate of drug-likeness (QED) is 0.735. The van der Waals surface area contributed by atoms with E-state index in [-0.39, 0.29) is 5.91 Å². The van der Waals surface area contributed by atoms with Crippen molar-refractivity contribution in [3.8, 4) is 0 Å². The van der Waals surface area contributed by atoms with Crippen molar-refractivity contribution in [1.29, 1.82) is 0 Å². The zero-order valence-electron chi connectivity index (χ0n) is 14.3. The van der Waals surface area contributed by atoms with Crippen LogP contribution in [0.3, 0.4) is 0 Å². The summed E-state index contributed by atoms with van der Waals surface area (Å²) in [6.07, 6.45) is 7.49. The number of pyridine rings is 1. The standard InChI is InChI=1S/C19H21N5O/c1-15-10-21-24(13-15)14-19(25)23-8-6-22(7-9-23)18-12-20-11-16-4-2-3-5-17(16)18/h2-5,10-13H,6-9,14H2,1H3. The Morgan fingerprint density at radius 3 is 2.64 bits per heavy atom. The van der Waals surface area contributed by atoms with Crippen molar-refractivity contribution in [1.82, 2.24) is 19.7 Å². The molecule has 0 atom stereocenters. The number of hydrogen-bond donors (Lipinski definition) is 0. The lowest BCUT2D eigenvalue weighted by Gasteiger charge is -2.36. The van der Waals surface area contributed by atoms with E-state index in [1.54, 1.807) is 10.9 Å². The van der Waals surface area contributed by atoms with Crippen LogP contribution in [0.15, 0.2) is 49.1 Å². The number of aryl methyl sites for hydroxylation is 1. The van der Waals surface area contributed by atoms with Gasteiger partial charge in [0.25, 0.3) is 0 Å². The molecule has 1 saturated heterocycles. The van der Waals surface area contributed by atoms with Gasteiger partial charge in [-0.2, -0.15) is 5.10 Å². The molecule has 128 valence electrons. The van der Waals surface area contributed by atoms with Crippen molar-refractivity contribution in [2.24, 2.45) is 0 Å². The molecule has 1 aliphatic rings.